The smallest absolute Gasteiger partial charge is 0.198 e. The van der Waals surface area contributed by atoms with E-state index in [1.807, 2.05) is 43.3 Å². The number of aromatic nitrogens is 1. The molecule has 0 spiro atoms. The van der Waals surface area contributed by atoms with Crippen LogP contribution in [0.15, 0.2) is 65.7 Å². The number of aromatic hydroxyl groups is 1. The number of hydrogen-bond donors (Lipinski definition) is 3. The van der Waals surface area contributed by atoms with Crippen LogP contribution in [-0.4, -0.2) is 27.2 Å². The molecule has 0 atom stereocenters. The molecule has 0 saturated carbocycles. The molecule has 0 saturated heterocycles. The number of fused-ring (bicyclic) bond motifs is 2. The molecule has 2 heterocycles. The molecule has 0 amide bonds. The molecular weight excluding hydrogens is 420 g/mol. The van der Waals surface area contributed by atoms with Crippen molar-refractivity contribution in [1.29, 1.82) is 0 Å². The molecule has 1 aliphatic heterocycles. The molecule has 0 fully saturated rings. The van der Waals surface area contributed by atoms with E-state index in [9.17, 15) is 5.11 Å². The molecule has 32 heavy (non-hydrogen) atoms. The number of H-pyrrole nitrogens is 1. The van der Waals surface area contributed by atoms with E-state index in [4.69, 9.17) is 22.3 Å². The Kier molecular flexibility index (Phi) is 5.37. The lowest BCUT2D eigenvalue weighted by atomic mass is 9.99. The van der Waals surface area contributed by atoms with Gasteiger partial charge in [-0.25, -0.2) is 0 Å². The summed E-state index contributed by atoms with van der Waals surface area (Å²) < 4.78 is 0. The minimum absolute atomic E-state index is 0.106. The Balaban J connectivity index is 1.33. The third-order valence-electron chi connectivity index (χ3n) is 6.06. The number of nitrogens with two attached hydrogens (primary N) is 1. The van der Waals surface area contributed by atoms with Gasteiger partial charge in [0.05, 0.1) is 17.0 Å². The van der Waals surface area contributed by atoms with Gasteiger partial charge in [0, 0.05) is 41.2 Å². The van der Waals surface area contributed by atoms with Gasteiger partial charge in [0.1, 0.15) is 0 Å². The average Bonchev–Trinajstić information content (AvgIpc) is 3.09. The molecule has 1 aliphatic rings. The summed E-state index contributed by atoms with van der Waals surface area (Å²) in [6.45, 7) is 4.74. The van der Waals surface area contributed by atoms with Gasteiger partial charge in [-0.3, -0.25) is 9.89 Å². The number of halogens is 1. The highest BCUT2D eigenvalue weighted by atomic mass is 35.5. The summed E-state index contributed by atoms with van der Waals surface area (Å²) in [6, 6.07) is 20.0. The van der Waals surface area contributed by atoms with Gasteiger partial charge in [-0.05, 0) is 72.5 Å². The Labute approximate surface area is 192 Å². The molecule has 162 valence electrons. The summed E-state index contributed by atoms with van der Waals surface area (Å²) in [5.74, 6) is 0.106. The first-order valence-corrected chi connectivity index (χ1v) is 11.1. The number of rotatable bonds is 4. The van der Waals surface area contributed by atoms with Crippen LogP contribution in [0.1, 0.15) is 29.2 Å². The molecule has 4 aromatic rings. The fraction of sp³-hybridized carbons (Fsp3) is 0.192. The number of nitrogens with one attached hydrogen (secondary N) is 1. The minimum Gasteiger partial charge on any atom is -0.494 e. The number of nitrogens with zero attached hydrogens (tertiary/aromatic N) is 2. The van der Waals surface area contributed by atoms with E-state index in [1.54, 1.807) is 0 Å². The first-order valence-electron chi connectivity index (χ1n) is 10.7. The van der Waals surface area contributed by atoms with Crippen LogP contribution in [0.25, 0.3) is 10.9 Å². The highest BCUT2D eigenvalue weighted by Crippen LogP contribution is 2.30. The van der Waals surface area contributed by atoms with Crippen molar-refractivity contribution in [3.63, 3.8) is 0 Å². The molecule has 3 aromatic carbocycles. The van der Waals surface area contributed by atoms with Gasteiger partial charge in [-0.1, -0.05) is 29.8 Å². The van der Waals surface area contributed by atoms with Gasteiger partial charge < -0.3 is 15.8 Å². The SMILES string of the molecule is CC(=Nc1ccc(CN2CCc3ccc(Cl)cc3C2)cc1)c1c(O)[nH]c2ccc(N)cc12. The Morgan fingerprint density at radius 1 is 1.09 bits per heavy atom. The standard InChI is InChI=1S/C26H25ClN4O/c1-16(25-23-13-21(28)6-9-24(23)30-26(25)32)29-22-7-2-17(3-8-22)14-31-11-10-18-4-5-20(27)12-19(18)15-31/h2-9,12-13,30,32H,10-11,14-15,28H2,1H3. The van der Waals surface area contributed by atoms with Crippen molar-refractivity contribution in [3.8, 4) is 5.88 Å². The average molecular weight is 445 g/mol. The Morgan fingerprint density at radius 2 is 1.91 bits per heavy atom. The van der Waals surface area contributed by atoms with Gasteiger partial charge >= 0.3 is 0 Å². The minimum atomic E-state index is 0.106. The highest BCUT2D eigenvalue weighted by Gasteiger charge is 2.17. The maximum absolute atomic E-state index is 10.4. The quantitative estimate of drug-likeness (QED) is 0.274. The van der Waals surface area contributed by atoms with Gasteiger partial charge in [0.2, 0.25) is 0 Å². The number of nitrogen functional groups attached to an aromatic ring is 1. The van der Waals surface area contributed by atoms with Crippen molar-refractivity contribution >= 4 is 39.6 Å². The van der Waals surface area contributed by atoms with E-state index in [0.717, 1.165) is 53.4 Å². The molecule has 1 aromatic heterocycles. The molecular formula is C26H25ClN4O. The van der Waals surface area contributed by atoms with Crippen LogP contribution in [-0.2, 0) is 19.5 Å². The second kappa shape index (κ2) is 8.34. The molecule has 6 heteroatoms. The molecule has 0 bridgehead atoms. The lowest BCUT2D eigenvalue weighted by molar-refractivity contribution is 0.245. The van der Waals surface area contributed by atoms with Crippen LogP contribution in [0.5, 0.6) is 5.88 Å². The number of hydrogen-bond acceptors (Lipinski definition) is 4. The Morgan fingerprint density at radius 3 is 2.72 bits per heavy atom. The van der Waals surface area contributed by atoms with Crippen LogP contribution >= 0.6 is 11.6 Å². The Bertz CT molecular complexity index is 1320. The summed E-state index contributed by atoms with van der Waals surface area (Å²) in [5, 5.41) is 12.1. The normalized spacial score (nSPS) is 14.6. The van der Waals surface area contributed by atoms with Crippen LogP contribution in [0.3, 0.4) is 0 Å². The van der Waals surface area contributed by atoms with Crippen molar-refractivity contribution in [1.82, 2.24) is 9.88 Å². The summed E-state index contributed by atoms with van der Waals surface area (Å²) in [5.41, 5.74) is 13.6. The van der Waals surface area contributed by atoms with Gasteiger partial charge in [-0.15, -0.1) is 0 Å². The Hall–Kier alpha value is -3.28. The van der Waals surface area contributed by atoms with Gasteiger partial charge in [0.25, 0.3) is 0 Å². The van der Waals surface area contributed by atoms with Gasteiger partial charge in [-0.2, -0.15) is 0 Å². The van der Waals surface area contributed by atoms with E-state index in [-0.39, 0.29) is 5.88 Å². The number of aliphatic imine (C=N–C) groups is 1. The van der Waals surface area contributed by atoms with Crippen molar-refractivity contribution in [2.45, 2.75) is 26.4 Å². The second-order valence-corrected chi connectivity index (χ2v) is 8.83. The largest absolute Gasteiger partial charge is 0.494 e. The first kappa shape index (κ1) is 20.6. The molecule has 4 N–H and O–H groups in total. The molecule has 5 nitrogen and oxygen atoms in total. The predicted octanol–water partition coefficient (Wildman–Crippen LogP) is 5.81. The van der Waals surface area contributed by atoms with E-state index in [1.165, 1.54) is 16.7 Å². The lowest BCUT2D eigenvalue weighted by Crippen LogP contribution is -2.29. The summed E-state index contributed by atoms with van der Waals surface area (Å²) in [4.78, 5) is 10.2. The maximum atomic E-state index is 10.4. The molecule has 5 rings (SSSR count). The topological polar surface area (TPSA) is 77.6 Å². The highest BCUT2D eigenvalue weighted by molar-refractivity contribution is 6.30. The zero-order chi connectivity index (χ0) is 22.2. The zero-order valence-corrected chi connectivity index (χ0v) is 18.7. The van der Waals surface area contributed by atoms with Crippen molar-refractivity contribution in [2.24, 2.45) is 4.99 Å². The fourth-order valence-electron chi connectivity index (χ4n) is 4.46. The number of aromatic amines is 1. The fourth-order valence-corrected chi connectivity index (χ4v) is 4.66. The van der Waals surface area contributed by atoms with E-state index in [0.29, 0.717) is 11.3 Å². The molecule has 0 aliphatic carbocycles. The van der Waals surface area contributed by atoms with E-state index < -0.39 is 0 Å². The molecule has 0 unspecified atom stereocenters. The van der Waals surface area contributed by atoms with Crippen LogP contribution < -0.4 is 5.73 Å². The van der Waals surface area contributed by atoms with Crippen LogP contribution in [0.2, 0.25) is 5.02 Å². The van der Waals surface area contributed by atoms with Gasteiger partial charge in [0.15, 0.2) is 5.88 Å². The zero-order valence-electron chi connectivity index (χ0n) is 17.9. The first-order chi connectivity index (χ1) is 15.5. The third kappa shape index (κ3) is 4.09. The molecule has 0 radical (unpaired) electrons. The number of benzene rings is 3. The lowest BCUT2D eigenvalue weighted by Gasteiger charge is -2.29. The van der Waals surface area contributed by atoms with E-state index >= 15 is 0 Å². The summed E-state index contributed by atoms with van der Waals surface area (Å²) in [7, 11) is 0. The monoisotopic (exact) mass is 444 g/mol. The second-order valence-electron chi connectivity index (χ2n) is 8.39. The van der Waals surface area contributed by atoms with E-state index in [2.05, 4.69) is 34.1 Å². The van der Waals surface area contributed by atoms with Crippen LogP contribution in [0.4, 0.5) is 11.4 Å². The van der Waals surface area contributed by atoms with Crippen molar-refractivity contribution in [2.75, 3.05) is 12.3 Å². The maximum Gasteiger partial charge on any atom is 0.198 e. The van der Waals surface area contributed by atoms with Crippen LogP contribution in [0, 0.1) is 0 Å². The van der Waals surface area contributed by atoms with Crippen molar-refractivity contribution in [3.05, 3.63) is 87.9 Å². The summed E-state index contributed by atoms with van der Waals surface area (Å²) >= 11 is 6.18. The third-order valence-corrected chi connectivity index (χ3v) is 6.30. The summed E-state index contributed by atoms with van der Waals surface area (Å²) in [6.07, 6.45) is 1.05. The van der Waals surface area contributed by atoms with Crippen molar-refractivity contribution < 1.29 is 5.11 Å². The number of anilines is 1. The predicted molar refractivity (Wildman–Crippen MR) is 132 cm³/mol.